The molecule has 0 fully saturated rings. The lowest BCUT2D eigenvalue weighted by molar-refractivity contribution is -0.144. The van der Waals surface area contributed by atoms with Crippen molar-refractivity contribution in [3.8, 4) is 0 Å². The number of oxime groups is 1. The Balaban J connectivity index is 1.50. The number of halogens is 1. The van der Waals surface area contributed by atoms with E-state index in [1.54, 1.807) is 30.5 Å². The highest BCUT2D eigenvalue weighted by Gasteiger charge is 2.48. The maximum absolute atomic E-state index is 13.5. The first kappa shape index (κ1) is 27.6. The van der Waals surface area contributed by atoms with Crippen LogP contribution < -0.4 is 10.6 Å². The van der Waals surface area contributed by atoms with Crippen molar-refractivity contribution in [2.24, 2.45) is 11.1 Å². The van der Waals surface area contributed by atoms with Crippen molar-refractivity contribution in [1.29, 1.82) is 0 Å². The van der Waals surface area contributed by atoms with Gasteiger partial charge in [0.05, 0.1) is 18.2 Å². The number of carbonyl (C=O) groups is 2. The smallest absolute Gasteiger partial charge is 0.426 e. The summed E-state index contributed by atoms with van der Waals surface area (Å²) >= 11 is 6.02. The minimum atomic E-state index is -1.73. The molecule has 1 aromatic heterocycles. The average Bonchev–Trinajstić information content (AvgIpc) is 3.31. The summed E-state index contributed by atoms with van der Waals surface area (Å²) in [6.45, 7) is 3.90. The number of rotatable bonds is 10. The Morgan fingerprint density at radius 3 is 2.58 bits per heavy atom. The number of benzene rings is 2. The topological polar surface area (TPSA) is 133 Å². The molecule has 1 unspecified atom stereocenters. The number of carbonyl (C=O) groups excluding carboxylic acids is 2. The zero-order chi connectivity index (χ0) is 27.3. The van der Waals surface area contributed by atoms with E-state index in [1.165, 1.54) is 0 Å². The number of fused-ring (bicyclic) bond motifs is 1. The van der Waals surface area contributed by atoms with Gasteiger partial charge in [0, 0.05) is 29.4 Å². The van der Waals surface area contributed by atoms with Crippen molar-refractivity contribution in [2.75, 3.05) is 6.54 Å². The van der Waals surface area contributed by atoms with Gasteiger partial charge in [-0.2, -0.15) is 0 Å². The standard InChI is InChI=1S/C27H30BClN4O5/c1-17(2)13-23(28(36)37)32-26(35)27(14-18-7-9-20(29)10-8-18)15-21(33-38-27)16-31-25(34)24-22-6-4-3-5-19(22)11-12-30-24/h3-12,17,23,36-37H,13-16H2,1-2H3,(H,31,34)(H,32,35)/t23-,27?/m0/s1. The van der Waals surface area contributed by atoms with Crippen LogP contribution in [0.2, 0.25) is 5.02 Å². The summed E-state index contributed by atoms with van der Waals surface area (Å²) in [5, 5.41) is 31.6. The molecule has 9 nitrogen and oxygen atoms in total. The van der Waals surface area contributed by atoms with Gasteiger partial charge in [0.2, 0.25) is 5.60 Å². The first-order valence-corrected chi connectivity index (χ1v) is 12.8. The molecule has 38 heavy (non-hydrogen) atoms. The highest BCUT2D eigenvalue weighted by molar-refractivity contribution is 6.43. The van der Waals surface area contributed by atoms with E-state index in [2.05, 4.69) is 20.8 Å². The molecule has 3 aromatic rings. The quantitative estimate of drug-likeness (QED) is 0.295. The van der Waals surface area contributed by atoms with E-state index in [0.29, 0.717) is 22.8 Å². The highest BCUT2D eigenvalue weighted by Crippen LogP contribution is 2.30. The van der Waals surface area contributed by atoms with Crippen LogP contribution in [-0.2, 0) is 16.1 Å². The van der Waals surface area contributed by atoms with Crippen LogP contribution in [0.1, 0.15) is 42.7 Å². The van der Waals surface area contributed by atoms with Crippen molar-refractivity contribution in [3.05, 3.63) is 77.1 Å². The molecule has 11 heteroatoms. The molecule has 4 N–H and O–H groups in total. The third-order valence-electron chi connectivity index (χ3n) is 6.40. The fourth-order valence-electron chi connectivity index (χ4n) is 4.50. The van der Waals surface area contributed by atoms with Gasteiger partial charge in [0.1, 0.15) is 5.69 Å². The number of amides is 2. The summed E-state index contributed by atoms with van der Waals surface area (Å²) in [6.07, 6.45) is 2.21. The molecule has 2 amide bonds. The first-order chi connectivity index (χ1) is 18.2. The Morgan fingerprint density at radius 2 is 1.87 bits per heavy atom. The fraction of sp³-hybridized carbons (Fsp3) is 0.333. The molecule has 0 saturated heterocycles. The first-order valence-electron chi connectivity index (χ1n) is 12.4. The van der Waals surface area contributed by atoms with E-state index in [1.807, 2.05) is 44.2 Å². The van der Waals surface area contributed by atoms with E-state index in [4.69, 9.17) is 16.4 Å². The van der Waals surface area contributed by atoms with E-state index in [-0.39, 0.29) is 31.2 Å². The van der Waals surface area contributed by atoms with Gasteiger partial charge in [0.25, 0.3) is 11.8 Å². The van der Waals surface area contributed by atoms with Crippen molar-refractivity contribution in [3.63, 3.8) is 0 Å². The van der Waals surface area contributed by atoms with Crippen molar-refractivity contribution in [1.82, 2.24) is 15.6 Å². The third kappa shape index (κ3) is 6.50. The summed E-state index contributed by atoms with van der Waals surface area (Å²) in [6, 6.07) is 16.3. The lowest BCUT2D eigenvalue weighted by Crippen LogP contribution is -2.56. The molecule has 0 radical (unpaired) electrons. The molecular formula is C27H30BClN4O5. The predicted octanol–water partition coefficient (Wildman–Crippen LogP) is 2.92. The van der Waals surface area contributed by atoms with E-state index < -0.39 is 24.6 Å². The monoisotopic (exact) mass is 536 g/mol. The van der Waals surface area contributed by atoms with E-state index in [0.717, 1.165) is 16.3 Å². The van der Waals surface area contributed by atoms with Crippen LogP contribution >= 0.6 is 11.6 Å². The number of hydrogen-bond acceptors (Lipinski definition) is 7. The van der Waals surface area contributed by atoms with Gasteiger partial charge in [-0.15, -0.1) is 0 Å². The lowest BCUT2D eigenvalue weighted by Gasteiger charge is -2.29. The van der Waals surface area contributed by atoms with Gasteiger partial charge < -0.3 is 25.5 Å². The lowest BCUT2D eigenvalue weighted by atomic mass is 9.74. The van der Waals surface area contributed by atoms with E-state index in [9.17, 15) is 19.6 Å². The summed E-state index contributed by atoms with van der Waals surface area (Å²) in [4.78, 5) is 36.5. The second kappa shape index (κ2) is 11.9. The van der Waals surface area contributed by atoms with Gasteiger partial charge in [-0.3, -0.25) is 14.6 Å². The second-order valence-electron chi connectivity index (χ2n) is 9.91. The number of nitrogens with one attached hydrogen (secondary N) is 2. The van der Waals surface area contributed by atoms with Crippen molar-refractivity contribution >= 4 is 47.0 Å². The molecule has 2 heterocycles. The zero-order valence-corrected chi connectivity index (χ0v) is 22.0. The van der Waals surface area contributed by atoms with Crippen molar-refractivity contribution < 1.29 is 24.5 Å². The summed E-state index contributed by atoms with van der Waals surface area (Å²) in [7, 11) is -1.73. The molecule has 4 rings (SSSR count). The molecular weight excluding hydrogens is 507 g/mol. The number of pyridine rings is 1. The van der Waals surface area contributed by atoms with Crippen LogP contribution in [0.15, 0.2) is 65.9 Å². The summed E-state index contributed by atoms with van der Waals surface area (Å²) in [5.41, 5.74) is 0.110. The molecule has 2 aromatic carbocycles. The molecule has 0 spiro atoms. The predicted molar refractivity (Wildman–Crippen MR) is 147 cm³/mol. The van der Waals surface area contributed by atoms with Crippen LogP contribution in [-0.4, -0.2) is 57.8 Å². The Morgan fingerprint density at radius 1 is 1.13 bits per heavy atom. The second-order valence-corrected chi connectivity index (χ2v) is 10.3. The third-order valence-corrected chi connectivity index (χ3v) is 6.65. The number of aromatic nitrogens is 1. The Kier molecular flexibility index (Phi) is 8.66. The molecule has 2 atom stereocenters. The largest absolute Gasteiger partial charge is 0.475 e. The van der Waals surface area contributed by atoms with Gasteiger partial charge in [0.15, 0.2) is 0 Å². The molecule has 198 valence electrons. The molecule has 1 aliphatic rings. The van der Waals surface area contributed by atoms with Crippen LogP contribution in [0.4, 0.5) is 0 Å². The van der Waals surface area contributed by atoms with Gasteiger partial charge in [-0.05, 0) is 41.5 Å². The zero-order valence-electron chi connectivity index (χ0n) is 21.2. The highest BCUT2D eigenvalue weighted by atomic mass is 35.5. The number of hydrogen-bond donors (Lipinski definition) is 4. The van der Waals surface area contributed by atoms with Gasteiger partial charge >= 0.3 is 7.12 Å². The molecule has 0 bridgehead atoms. The number of nitrogens with zero attached hydrogens (tertiary/aromatic N) is 2. The minimum Gasteiger partial charge on any atom is -0.426 e. The van der Waals surface area contributed by atoms with Crippen molar-refractivity contribution in [2.45, 2.75) is 44.7 Å². The van der Waals surface area contributed by atoms with Crippen LogP contribution in [0.5, 0.6) is 0 Å². The molecule has 0 saturated carbocycles. The Hall–Kier alpha value is -3.47. The molecule has 0 aliphatic carbocycles. The van der Waals surface area contributed by atoms with Crippen LogP contribution in [0.3, 0.4) is 0 Å². The van der Waals surface area contributed by atoms with Gasteiger partial charge in [-0.25, -0.2) is 0 Å². The minimum absolute atomic E-state index is 0.0530. The SMILES string of the molecule is CC(C)C[C@H](NC(=O)C1(Cc2ccc(Cl)cc2)CC(CNC(=O)c2nccc3ccccc23)=NO1)B(O)O. The van der Waals surface area contributed by atoms with Crippen LogP contribution in [0, 0.1) is 5.92 Å². The summed E-state index contributed by atoms with van der Waals surface area (Å²) < 4.78 is 0. The van der Waals surface area contributed by atoms with Crippen LogP contribution in [0.25, 0.3) is 10.8 Å². The summed E-state index contributed by atoms with van der Waals surface area (Å²) in [5.74, 6) is -1.66. The Labute approximate surface area is 226 Å². The molecule has 1 aliphatic heterocycles. The maximum Gasteiger partial charge on any atom is 0.475 e. The fourth-order valence-corrected chi connectivity index (χ4v) is 4.63. The van der Waals surface area contributed by atoms with E-state index >= 15 is 0 Å². The normalized spacial score (nSPS) is 17.6. The Bertz CT molecular complexity index is 1330. The maximum atomic E-state index is 13.5. The van der Waals surface area contributed by atoms with Gasteiger partial charge in [-0.1, -0.05) is 67.0 Å². The average molecular weight is 537 g/mol.